The lowest BCUT2D eigenvalue weighted by atomic mass is 10.1. The minimum atomic E-state index is -2.80. The van der Waals surface area contributed by atoms with E-state index in [1.807, 2.05) is 6.92 Å². The maximum absolute atomic E-state index is 14.6. The molecule has 1 aliphatic rings. The second-order valence-electron chi connectivity index (χ2n) is 8.44. The molecular formula is C24H26F2N4O3S. The molecule has 3 heterocycles. The van der Waals surface area contributed by atoms with Gasteiger partial charge in [-0.2, -0.15) is 4.98 Å². The molecule has 0 saturated carbocycles. The Kier molecular flexibility index (Phi) is 6.97. The van der Waals surface area contributed by atoms with Gasteiger partial charge in [0.05, 0.1) is 24.7 Å². The summed E-state index contributed by atoms with van der Waals surface area (Å²) in [7, 11) is -2.80. The largest absolute Gasteiger partial charge is 0.490 e. The van der Waals surface area contributed by atoms with Crippen LogP contribution in [0.1, 0.15) is 31.7 Å². The van der Waals surface area contributed by atoms with Crippen LogP contribution in [-0.2, 0) is 15.5 Å². The smallest absolute Gasteiger partial charge is 0.215 e. The lowest BCUT2D eigenvalue weighted by Gasteiger charge is -2.16. The number of ether oxygens (including phenoxy) is 2. The van der Waals surface area contributed by atoms with E-state index in [4.69, 9.17) is 14.3 Å². The summed E-state index contributed by atoms with van der Waals surface area (Å²) in [5.41, 5.74) is 1.29. The fourth-order valence-electron chi connectivity index (χ4n) is 3.71. The summed E-state index contributed by atoms with van der Waals surface area (Å²) < 4.78 is 60.4. The van der Waals surface area contributed by atoms with Crippen LogP contribution in [0, 0.1) is 16.4 Å². The number of hydrogen-bond donors (Lipinski definition) is 2. The van der Waals surface area contributed by atoms with Crippen molar-refractivity contribution in [2.24, 2.45) is 0 Å². The van der Waals surface area contributed by atoms with E-state index in [0.29, 0.717) is 41.7 Å². The molecule has 180 valence electrons. The van der Waals surface area contributed by atoms with Crippen LogP contribution in [-0.4, -0.2) is 33.1 Å². The topological polar surface area (TPSA) is 97.2 Å². The highest BCUT2D eigenvalue weighted by molar-refractivity contribution is 7.90. The van der Waals surface area contributed by atoms with Crippen LogP contribution in [0.3, 0.4) is 0 Å². The van der Waals surface area contributed by atoms with Crippen molar-refractivity contribution < 1.29 is 22.5 Å². The SMILES string of the molecule is CC1CCCCOc2cc(ccc2F)-c2cc(ncc2F)Nc2cc(CS(C)(=N)=O)cc(n2)O1. The number of fused-ring (bicyclic) bond motifs is 7. The maximum Gasteiger partial charge on any atom is 0.215 e. The monoisotopic (exact) mass is 488 g/mol. The molecule has 1 aromatic carbocycles. The first-order valence-electron chi connectivity index (χ1n) is 10.9. The molecule has 2 N–H and O–H groups in total. The Morgan fingerprint density at radius 3 is 2.76 bits per heavy atom. The van der Waals surface area contributed by atoms with Crippen LogP contribution in [0.4, 0.5) is 20.4 Å². The van der Waals surface area contributed by atoms with Crippen molar-refractivity contribution in [1.82, 2.24) is 9.97 Å². The average molecular weight is 489 g/mol. The fourth-order valence-corrected chi connectivity index (χ4v) is 4.51. The predicted octanol–water partition coefficient (Wildman–Crippen LogP) is 5.67. The minimum absolute atomic E-state index is 0.0345. The average Bonchev–Trinajstić information content (AvgIpc) is 2.74. The molecule has 0 aliphatic carbocycles. The van der Waals surface area contributed by atoms with Crippen LogP contribution < -0.4 is 14.8 Å². The number of anilines is 2. The molecule has 4 rings (SSSR count). The van der Waals surface area contributed by atoms with E-state index in [9.17, 15) is 13.0 Å². The summed E-state index contributed by atoms with van der Waals surface area (Å²) in [6.07, 6.45) is 4.46. The number of pyridine rings is 2. The van der Waals surface area contributed by atoms with Crippen LogP contribution >= 0.6 is 0 Å². The van der Waals surface area contributed by atoms with Gasteiger partial charge >= 0.3 is 0 Å². The van der Waals surface area contributed by atoms with Gasteiger partial charge in [-0.3, -0.25) is 4.78 Å². The van der Waals surface area contributed by atoms with Gasteiger partial charge in [-0.05, 0) is 61.6 Å². The van der Waals surface area contributed by atoms with Crippen molar-refractivity contribution in [2.75, 3.05) is 18.2 Å². The highest BCUT2D eigenvalue weighted by atomic mass is 32.2. The van der Waals surface area contributed by atoms with Crippen molar-refractivity contribution in [3.63, 3.8) is 0 Å². The van der Waals surface area contributed by atoms with Gasteiger partial charge in [0.1, 0.15) is 17.5 Å². The van der Waals surface area contributed by atoms with Gasteiger partial charge in [-0.15, -0.1) is 0 Å². The molecule has 0 amide bonds. The Morgan fingerprint density at radius 2 is 1.97 bits per heavy atom. The van der Waals surface area contributed by atoms with Gasteiger partial charge in [-0.25, -0.2) is 18.0 Å². The summed E-state index contributed by atoms with van der Waals surface area (Å²) in [6.45, 7) is 2.23. The van der Waals surface area contributed by atoms with Crippen LogP contribution in [0.2, 0.25) is 0 Å². The first kappa shape index (κ1) is 23.9. The lowest BCUT2D eigenvalue weighted by Crippen LogP contribution is -2.14. The second kappa shape index (κ2) is 9.92. The lowest BCUT2D eigenvalue weighted by molar-refractivity contribution is 0.193. The van der Waals surface area contributed by atoms with E-state index < -0.39 is 21.4 Å². The number of nitrogens with zero attached hydrogens (tertiary/aromatic N) is 2. The van der Waals surface area contributed by atoms with Crippen LogP contribution in [0.15, 0.2) is 42.6 Å². The minimum Gasteiger partial charge on any atom is -0.490 e. The zero-order valence-corrected chi connectivity index (χ0v) is 19.8. The first-order chi connectivity index (χ1) is 16.2. The van der Waals surface area contributed by atoms with E-state index in [0.717, 1.165) is 19.0 Å². The summed E-state index contributed by atoms with van der Waals surface area (Å²) >= 11 is 0. The van der Waals surface area contributed by atoms with Gasteiger partial charge in [0.25, 0.3) is 0 Å². The van der Waals surface area contributed by atoms with E-state index in [1.54, 1.807) is 12.1 Å². The molecule has 7 nitrogen and oxygen atoms in total. The number of nitrogens with one attached hydrogen (secondary N) is 2. The molecule has 6 bridgehead atoms. The zero-order valence-electron chi connectivity index (χ0n) is 18.9. The van der Waals surface area contributed by atoms with Gasteiger partial charge < -0.3 is 14.8 Å². The molecule has 1 aliphatic heterocycles. The van der Waals surface area contributed by atoms with E-state index >= 15 is 0 Å². The first-order valence-corrected chi connectivity index (χ1v) is 13.0. The third-order valence-electron chi connectivity index (χ3n) is 5.24. The Balaban J connectivity index is 1.77. The quantitative estimate of drug-likeness (QED) is 0.482. The molecule has 0 fully saturated rings. The predicted molar refractivity (Wildman–Crippen MR) is 127 cm³/mol. The van der Waals surface area contributed by atoms with Gasteiger partial charge in [0.2, 0.25) is 5.88 Å². The molecule has 34 heavy (non-hydrogen) atoms. The number of rotatable bonds is 2. The highest BCUT2D eigenvalue weighted by Crippen LogP contribution is 2.31. The van der Waals surface area contributed by atoms with Crippen molar-refractivity contribution in [3.05, 3.63) is 59.8 Å². The van der Waals surface area contributed by atoms with E-state index in [-0.39, 0.29) is 23.2 Å². The molecule has 10 heteroatoms. The van der Waals surface area contributed by atoms with Gasteiger partial charge in [0, 0.05) is 27.6 Å². The third kappa shape index (κ3) is 6.19. The Bertz CT molecular complexity index is 1300. The van der Waals surface area contributed by atoms with Crippen molar-refractivity contribution in [3.8, 4) is 22.8 Å². The van der Waals surface area contributed by atoms with Crippen molar-refractivity contribution in [1.29, 1.82) is 4.78 Å². The summed E-state index contributed by atoms with van der Waals surface area (Å²) in [5, 5.41) is 3.04. The molecule has 0 radical (unpaired) electrons. The number of benzene rings is 1. The normalized spacial score (nSPS) is 17.9. The van der Waals surface area contributed by atoms with Crippen LogP contribution in [0.5, 0.6) is 11.6 Å². The maximum atomic E-state index is 14.6. The standard InChI is InChI=1S/C24H26F2N4O3S/c1-15-5-3-4-8-32-21-11-17(6-7-19(21)25)18-12-22(28-13-20(18)26)29-23-9-16(14-34(2,27)31)10-24(30-23)33-15/h6-7,9-13,15,27H,3-5,8,14H2,1-2H3,(H,28,29,30). The summed E-state index contributed by atoms with van der Waals surface area (Å²) in [4.78, 5) is 8.57. The van der Waals surface area contributed by atoms with E-state index in [1.165, 1.54) is 30.5 Å². The molecule has 0 spiro atoms. The zero-order chi connectivity index (χ0) is 24.3. The van der Waals surface area contributed by atoms with E-state index in [2.05, 4.69) is 15.3 Å². The number of hydrogen-bond acceptors (Lipinski definition) is 7. The summed E-state index contributed by atoms with van der Waals surface area (Å²) in [6, 6.07) is 9.05. The highest BCUT2D eigenvalue weighted by Gasteiger charge is 2.15. The van der Waals surface area contributed by atoms with Crippen molar-refractivity contribution in [2.45, 2.75) is 38.0 Å². The molecular weight excluding hydrogens is 462 g/mol. The third-order valence-corrected chi connectivity index (χ3v) is 6.13. The fraction of sp³-hybridized carbons (Fsp3) is 0.333. The molecule has 3 aromatic rings. The Morgan fingerprint density at radius 1 is 1.15 bits per heavy atom. The number of halogens is 2. The van der Waals surface area contributed by atoms with Gasteiger partial charge in [-0.1, -0.05) is 6.07 Å². The van der Waals surface area contributed by atoms with Gasteiger partial charge in [0.15, 0.2) is 11.6 Å². The Labute approximate surface area is 197 Å². The number of aromatic nitrogens is 2. The molecule has 2 unspecified atom stereocenters. The summed E-state index contributed by atoms with van der Waals surface area (Å²) in [5.74, 6) is 0.00908. The van der Waals surface area contributed by atoms with Crippen molar-refractivity contribution >= 4 is 21.4 Å². The second-order valence-corrected chi connectivity index (χ2v) is 10.7. The molecule has 2 aromatic heterocycles. The molecule has 0 saturated heterocycles. The molecule has 2 atom stereocenters. The Hall–Kier alpha value is -3.27. The van der Waals surface area contributed by atoms with Crippen LogP contribution in [0.25, 0.3) is 11.1 Å².